The van der Waals surface area contributed by atoms with E-state index in [1.54, 1.807) is 12.1 Å². The van der Waals surface area contributed by atoms with Gasteiger partial charge >= 0.3 is 0 Å². The number of nitrogens with one attached hydrogen (secondary N) is 1. The number of para-hydroxylation sites is 1. The first-order chi connectivity index (χ1) is 16.5. The topological polar surface area (TPSA) is 49.4 Å². The number of aryl methyl sites for hydroxylation is 1. The molecule has 0 bridgehead atoms. The van der Waals surface area contributed by atoms with Gasteiger partial charge in [0.2, 0.25) is 10.0 Å². The van der Waals surface area contributed by atoms with Crippen LogP contribution in [0.5, 0.6) is 0 Å². The SMILES string of the molecule is Cc1ccc(S(=O)(=O)NC(c2ccccc2)c2ccccc2N2CCc3ccccc3C2)cc1. The van der Waals surface area contributed by atoms with Gasteiger partial charge in [0.1, 0.15) is 0 Å². The van der Waals surface area contributed by atoms with Crippen molar-refractivity contribution in [2.45, 2.75) is 30.8 Å². The Labute approximate surface area is 201 Å². The van der Waals surface area contributed by atoms with Gasteiger partial charge in [0.25, 0.3) is 0 Å². The normalized spacial score (nSPS) is 14.4. The van der Waals surface area contributed by atoms with Crippen LogP contribution in [0, 0.1) is 6.92 Å². The van der Waals surface area contributed by atoms with Gasteiger partial charge in [-0.25, -0.2) is 8.42 Å². The molecule has 5 heteroatoms. The minimum absolute atomic E-state index is 0.267. The lowest BCUT2D eigenvalue weighted by molar-refractivity contribution is 0.571. The molecule has 1 aliphatic heterocycles. The van der Waals surface area contributed by atoms with Crippen LogP contribution < -0.4 is 9.62 Å². The summed E-state index contributed by atoms with van der Waals surface area (Å²) in [6, 6.07) is 32.9. The van der Waals surface area contributed by atoms with Crippen molar-refractivity contribution < 1.29 is 8.42 Å². The van der Waals surface area contributed by atoms with Crippen LogP contribution in [0.3, 0.4) is 0 Å². The van der Waals surface area contributed by atoms with Crippen LogP contribution in [0.1, 0.15) is 33.9 Å². The summed E-state index contributed by atoms with van der Waals surface area (Å²) in [7, 11) is -3.74. The Morgan fingerprint density at radius 2 is 1.41 bits per heavy atom. The van der Waals surface area contributed by atoms with Crippen LogP contribution in [0.15, 0.2) is 108 Å². The quantitative estimate of drug-likeness (QED) is 0.399. The first-order valence-corrected chi connectivity index (χ1v) is 13.0. The van der Waals surface area contributed by atoms with Crippen LogP contribution >= 0.6 is 0 Å². The zero-order chi connectivity index (χ0) is 23.5. The lowest BCUT2D eigenvalue weighted by Crippen LogP contribution is -2.34. The third-order valence-corrected chi connectivity index (χ3v) is 7.90. The van der Waals surface area contributed by atoms with E-state index in [0.717, 1.165) is 41.9 Å². The maximum absolute atomic E-state index is 13.4. The Bertz CT molecular complexity index is 1380. The first-order valence-electron chi connectivity index (χ1n) is 11.6. The highest BCUT2D eigenvalue weighted by Gasteiger charge is 2.27. The summed E-state index contributed by atoms with van der Waals surface area (Å²) in [5.74, 6) is 0. The van der Waals surface area contributed by atoms with E-state index < -0.39 is 16.1 Å². The molecule has 1 heterocycles. The highest BCUT2D eigenvalue weighted by Crippen LogP contribution is 2.34. The van der Waals surface area contributed by atoms with Gasteiger partial charge in [-0.05, 0) is 53.8 Å². The van der Waals surface area contributed by atoms with E-state index in [2.05, 4.69) is 40.0 Å². The molecule has 0 aromatic heterocycles. The monoisotopic (exact) mass is 468 g/mol. The molecule has 0 radical (unpaired) electrons. The molecule has 0 saturated carbocycles. The molecule has 0 fully saturated rings. The van der Waals surface area contributed by atoms with Gasteiger partial charge in [-0.3, -0.25) is 0 Å². The van der Waals surface area contributed by atoms with E-state index in [4.69, 9.17) is 0 Å². The van der Waals surface area contributed by atoms with Crippen LogP contribution in [-0.2, 0) is 23.0 Å². The number of sulfonamides is 1. The number of nitrogens with zero attached hydrogens (tertiary/aromatic N) is 1. The van der Waals surface area contributed by atoms with E-state index >= 15 is 0 Å². The number of anilines is 1. The molecule has 0 amide bonds. The van der Waals surface area contributed by atoms with Gasteiger partial charge < -0.3 is 4.90 Å². The summed E-state index contributed by atoms with van der Waals surface area (Å²) in [6.07, 6.45) is 0.968. The van der Waals surface area contributed by atoms with Crippen molar-refractivity contribution in [1.29, 1.82) is 0 Å². The van der Waals surface area contributed by atoms with E-state index in [9.17, 15) is 8.42 Å². The summed E-state index contributed by atoms with van der Waals surface area (Å²) in [5.41, 5.74) is 6.63. The molecule has 1 aliphatic rings. The Kier molecular flexibility index (Phi) is 6.22. The second-order valence-corrected chi connectivity index (χ2v) is 10.5. The van der Waals surface area contributed by atoms with Crippen LogP contribution in [-0.4, -0.2) is 15.0 Å². The molecule has 0 spiro atoms. The molecule has 34 heavy (non-hydrogen) atoms. The minimum Gasteiger partial charge on any atom is -0.367 e. The maximum atomic E-state index is 13.4. The fourth-order valence-corrected chi connectivity index (χ4v) is 5.82. The maximum Gasteiger partial charge on any atom is 0.241 e. The fourth-order valence-electron chi connectivity index (χ4n) is 4.62. The molecule has 0 aliphatic carbocycles. The molecule has 1 N–H and O–H groups in total. The number of hydrogen-bond donors (Lipinski definition) is 1. The summed E-state index contributed by atoms with van der Waals surface area (Å²) in [6.45, 7) is 3.64. The van der Waals surface area contributed by atoms with Gasteiger partial charge in [0.05, 0.1) is 10.9 Å². The number of hydrogen-bond acceptors (Lipinski definition) is 3. The number of fused-ring (bicyclic) bond motifs is 1. The molecule has 5 rings (SSSR count). The summed E-state index contributed by atoms with van der Waals surface area (Å²) >= 11 is 0. The summed E-state index contributed by atoms with van der Waals surface area (Å²) < 4.78 is 29.9. The highest BCUT2D eigenvalue weighted by atomic mass is 32.2. The van der Waals surface area contributed by atoms with Gasteiger partial charge in [-0.2, -0.15) is 4.72 Å². The molecule has 4 aromatic rings. The second-order valence-electron chi connectivity index (χ2n) is 8.78. The van der Waals surface area contributed by atoms with Crippen molar-refractivity contribution in [1.82, 2.24) is 4.72 Å². The first kappa shape index (κ1) is 22.4. The lowest BCUT2D eigenvalue weighted by Gasteiger charge is -2.34. The van der Waals surface area contributed by atoms with E-state index in [-0.39, 0.29) is 4.90 Å². The van der Waals surface area contributed by atoms with Gasteiger partial charge in [0, 0.05) is 18.8 Å². The zero-order valence-corrected chi connectivity index (χ0v) is 20.0. The standard InChI is InChI=1S/C29H28N2O2S/c1-22-15-17-26(18-16-22)34(32,33)30-29(24-10-3-2-4-11-24)27-13-7-8-14-28(27)31-20-19-23-9-5-6-12-25(23)21-31/h2-18,29-30H,19-21H2,1H3. The van der Waals surface area contributed by atoms with Gasteiger partial charge in [-0.15, -0.1) is 0 Å². The largest absolute Gasteiger partial charge is 0.367 e. The molecular weight excluding hydrogens is 440 g/mol. The summed E-state index contributed by atoms with van der Waals surface area (Å²) in [5, 5.41) is 0. The number of rotatable bonds is 6. The fraction of sp³-hybridized carbons (Fsp3) is 0.172. The minimum atomic E-state index is -3.74. The molecule has 0 saturated heterocycles. The van der Waals surface area contributed by atoms with E-state index in [1.807, 2.05) is 67.6 Å². The van der Waals surface area contributed by atoms with Crippen molar-refractivity contribution in [3.05, 3.63) is 131 Å². The van der Waals surface area contributed by atoms with Crippen LogP contribution in [0.25, 0.3) is 0 Å². The zero-order valence-electron chi connectivity index (χ0n) is 19.2. The van der Waals surface area contributed by atoms with Gasteiger partial charge in [-0.1, -0.05) is 90.5 Å². The Morgan fingerprint density at radius 1 is 0.765 bits per heavy atom. The van der Waals surface area contributed by atoms with Crippen molar-refractivity contribution in [3.8, 4) is 0 Å². The van der Waals surface area contributed by atoms with Crippen molar-refractivity contribution in [2.24, 2.45) is 0 Å². The van der Waals surface area contributed by atoms with E-state index in [1.165, 1.54) is 11.1 Å². The Morgan fingerprint density at radius 3 is 2.18 bits per heavy atom. The predicted molar refractivity (Wildman–Crippen MR) is 137 cm³/mol. The smallest absolute Gasteiger partial charge is 0.241 e. The predicted octanol–water partition coefficient (Wildman–Crippen LogP) is 5.63. The summed E-state index contributed by atoms with van der Waals surface area (Å²) in [4.78, 5) is 2.62. The number of benzene rings is 4. The van der Waals surface area contributed by atoms with E-state index in [0.29, 0.717) is 0 Å². The second kappa shape index (κ2) is 9.45. The average Bonchev–Trinajstić information content (AvgIpc) is 2.88. The molecule has 172 valence electrons. The molecule has 4 nitrogen and oxygen atoms in total. The molecule has 1 unspecified atom stereocenters. The Hall–Kier alpha value is -3.41. The van der Waals surface area contributed by atoms with Crippen molar-refractivity contribution >= 4 is 15.7 Å². The average molecular weight is 469 g/mol. The van der Waals surface area contributed by atoms with Crippen LogP contribution in [0.2, 0.25) is 0 Å². The molecule has 4 aromatic carbocycles. The highest BCUT2D eigenvalue weighted by molar-refractivity contribution is 7.89. The molecule has 1 atom stereocenters. The molecular formula is C29H28N2O2S. The van der Waals surface area contributed by atoms with Crippen molar-refractivity contribution in [2.75, 3.05) is 11.4 Å². The third-order valence-electron chi connectivity index (χ3n) is 6.46. The van der Waals surface area contributed by atoms with Gasteiger partial charge in [0.15, 0.2) is 0 Å². The van der Waals surface area contributed by atoms with Crippen molar-refractivity contribution in [3.63, 3.8) is 0 Å². The third kappa shape index (κ3) is 4.63. The van der Waals surface area contributed by atoms with Crippen LogP contribution in [0.4, 0.5) is 5.69 Å². The Balaban J connectivity index is 1.55. The lowest BCUT2D eigenvalue weighted by atomic mass is 9.95.